The van der Waals surface area contributed by atoms with Gasteiger partial charge in [-0.25, -0.2) is 0 Å². The quantitative estimate of drug-likeness (QED) is 0.633. The molecule has 84 valence electrons. The fourth-order valence-electron chi connectivity index (χ4n) is 2.22. The molecular weight excluding hydrogens is 176 g/mol. The Morgan fingerprint density at radius 1 is 1.21 bits per heavy atom. The third kappa shape index (κ3) is 2.94. The second-order valence-corrected chi connectivity index (χ2v) is 4.02. The number of nitrogens with one attached hydrogen (secondary N) is 1. The molecule has 0 aromatic heterocycles. The molecule has 0 radical (unpaired) electrons. The lowest BCUT2D eigenvalue weighted by atomic mass is 9.90. The Morgan fingerprint density at radius 2 is 1.86 bits per heavy atom. The first-order chi connectivity index (χ1) is 6.81. The zero-order chi connectivity index (χ0) is 10.4. The molecule has 0 bridgehead atoms. The number of rotatable bonds is 0. The first-order valence-corrected chi connectivity index (χ1v) is 5.84. The van der Waals surface area contributed by atoms with Crippen LogP contribution in [0.5, 0.6) is 0 Å². The van der Waals surface area contributed by atoms with Crippen molar-refractivity contribution in [1.82, 2.24) is 10.2 Å². The first-order valence-electron chi connectivity index (χ1n) is 5.84. The fraction of sp³-hybridized carbons (Fsp3) is 1.00. The van der Waals surface area contributed by atoms with Crippen LogP contribution < -0.4 is 5.32 Å². The molecule has 2 aliphatic heterocycles. The summed E-state index contributed by atoms with van der Waals surface area (Å²) in [6.45, 7) is 9.36. The Hall–Kier alpha value is -0.120. The standard InChI is InChI=1S/C9H18N2O.C2H6/c1-11-6-7-12-9(8-11)2-4-10-5-3-9;1-2/h10H,2-8H2,1H3;1-2H3. The van der Waals surface area contributed by atoms with Gasteiger partial charge in [0.15, 0.2) is 0 Å². The van der Waals surface area contributed by atoms with E-state index in [0.717, 1.165) is 32.8 Å². The summed E-state index contributed by atoms with van der Waals surface area (Å²) in [5.74, 6) is 0. The highest BCUT2D eigenvalue weighted by molar-refractivity contribution is 4.90. The van der Waals surface area contributed by atoms with Gasteiger partial charge in [0.25, 0.3) is 0 Å². The van der Waals surface area contributed by atoms with Crippen molar-refractivity contribution in [3.63, 3.8) is 0 Å². The highest BCUT2D eigenvalue weighted by Gasteiger charge is 2.36. The van der Waals surface area contributed by atoms with E-state index in [9.17, 15) is 0 Å². The van der Waals surface area contributed by atoms with Gasteiger partial charge in [-0.15, -0.1) is 0 Å². The van der Waals surface area contributed by atoms with Crippen LogP contribution in [-0.4, -0.2) is 50.3 Å². The van der Waals surface area contributed by atoms with E-state index in [1.165, 1.54) is 12.8 Å². The molecule has 0 amide bonds. The Balaban J connectivity index is 0.000000461. The van der Waals surface area contributed by atoms with Crippen LogP contribution >= 0.6 is 0 Å². The molecule has 3 nitrogen and oxygen atoms in total. The number of hydrogen-bond acceptors (Lipinski definition) is 3. The van der Waals surface area contributed by atoms with E-state index in [-0.39, 0.29) is 5.60 Å². The highest BCUT2D eigenvalue weighted by Crippen LogP contribution is 2.26. The molecule has 14 heavy (non-hydrogen) atoms. The molecule has 0 saturated carbocycles. The molecule has 1 N–H and O–H groups in total. The van der Waals surface area contributed by atoms with Gasteiger partial charge in [-0.05, 0) is 33.0 Å². The zero-order valence-electron chi connectivity index (χ0n) is 9.81. The van der Waals surface area contributed by atoms with Gasteiger partial charge in [0.05, 0.1) is 12.2 Å². The van der Waals surface area contributed by atoms with Crippen LogP contribution in [0, 0.1) is 0 Å². The molecule has 0 atom stereocenters. The largest absolute Gasteiger partial charge is 0.372 e. The van der Waals surface area contributed by atoms with Crippen molar-refractivity contribution >= 4 is 0 Å². The lowest BCUT2D eigenvalue weighted by Gasteiger charge is -2.44. The molecule has 2 heterocycles. The van der Waals surface area contributed by atoms with E-state index >= 15 is 0 Å². The van der Waals surface area contributed by atoms with Crippen molar-refractivity contribution < 1.29 is 4.74 Å². The maximum absolute atomic E-state index is 5.90. The van der Waals surface area contributed by atoms with Crippen LogP contribution in [-0.2, 0) is 4.74 Å². The topological polar surface area (TPSA) is 24.5 Å². The summed E-state index contributed by atoms with van der Waals surface area (Å²) in [6.07, 6.45) is 2.36. The second-order valence-electron chi connectivity index (χ2n) is 4.02. The summed E-state index contributed by atoms with van der Waals surface area (Å²) in [5.41, 5.74) is 0.193. The maximum atomic E-state index is 5.90. The Bertz CT molecular complexity index is 150. The molecule has 2 aliphatic rings. The summed E-state index contributed by atoms with van der Waals surface area (Å²) >= 11 is 0. The van der Waals surface area contributed by atoms with Crippen molar-refractivity contribution in [2.24, 2.45) is 0 Å². The maximum Gasteiger partial charge on any atom is 0.0833 e. The van der Waals surface area contributed by atoms with Gasteiger partial charge in [-0.2, -0.15) is 0 Å². The normalized spacial score (nSPS) is 26.8. The zero-order valence-corrected chi connectivity index (χ0v) is 9.81. The minimum Gasteiger partial charge on any atom is -0.372 e. The molecule has 1 spiro atoms. The molecule has 3 heteroatoms. The van der Waals surface area contributed by atoms with Gasteiger partial charge >= 0.3 is 0 Å². The molecule has 2 rings (SSSR count). The predicted octanol–water partition coefficient (Wildman–Crippen LogP) is 1.10. The Morgan fingerprint density at radius 3 is 2.43 bits per heavy atom. The van der Waals surface area contributed by atoms with Crippen LogP contribution in [0.3, 0.4) is 0 Å². The molecule has 0 aromatic rings. The summed E-state index contributed by atoms with van der Waals surface area (Å²) in [5, 5.41) is 3.37. The third-order valence-electron chi connectivity index (χ3n) is 2.95. The van der Waals surface area contributed by atoms with Crippen LogP contribution in [0.4, 0.5) is 0 Å². The van der Waals surface area contributed by atoms with Crippen molar-refractivity contribution in [3.05, 3.63) is 0 Å². The van der Waals surface area contributed by atoms with Crippen LogP contribution in [0.15, 0.2) is 0 Å². The number of morpholine rings is 1. The average Bonchev–Trinajstić information content (AvgIpc) is 2.21. The summed E-state index contributed by atoms with van der Waals surface area (Å²) in [7, 11) is 2.19. The van der Waals surface area contributed by atoms with Gasteiger partial charge < -0.3 is 15.0 Å². The first kappa shape index (κ1) is 12.0. The average molecular weight is 200 g/mol. The van der Waals surface area contributed by atoms with E-state index in [4.69, 9.17) is 4.74 Å². The lowest BCUT2D eigenvalue weighted by molar-refractivity contribution is -0.117. The smallest absolute Gasteiger partial charge is 0.0833 e. The SMILES string of the molecule is CC.CN1CCOC2(CCNCC2)C1. The predicted molar refractivity (Wildman–Crippen MR) is 59.6 cm³/mol. The fourth-order valence-corrected chi connectivity index (χ4v) is 2.22. The number of piperidine rings is 1. The summed E-state index contributed by atoms with van der Waals surface area (Å²) < 4.78 is 5.90. The number of likely N-dealkylation sites (N-methyl/N-ethyl adjacent to an activating group) is 1. The molecule has 0 aromatic carbocycles. The molecular formula is C11H24N2O. The van der Waals surface area contributed by atoms with Gasteiger partial charge in [-0.3, -0.25) is 0 Å². The molecule has 0 unspecified atom stereocenters. The minimum absolute atomic E-state index is 0.193. The van der Waals surface area contributed by atoms with Crippen LogP contribution in [0.2, 0.25) is 0 Å². The monoisotopic (exact) mass is 200 g/mol. The van der Waals surface area contributed by atoms with Crippen molar-refractivity contribution in [3.8, 4) is 0 Å². The molecule has 2 saturated heterocycles. The van der Waals surface area contributed by atoms with Crippen molar-refractivity contribution in [2.75, 3.05) is 39.8 Å². The van der Waals surface area contributed by atoms with E-state index < -0.39 is 0 Å². The van der Waals surface area contributed by atoms with Crippen LogP contribution in [0.1, 0.15) is 26.7 Å². The number of hydrogen-bond donors (Lipinski definition) is 1. The van der Waals surface area contributed by atoms with E-state index in [1.54, 1.807) is 0 Å². The van der Waals surface area contributed by atoms with Gasteiger partial charge in [-0.1, -0.05) is 13.8 Å². The van der Waals surface area contributed by atoms with E-state index in [0.29, 0.717) is 0 Å². The molecule has 2 fully saturated rings. The van der Waals surface area contributed by atoms with Gasteiger partial charge in [0, 0.05) is 13.1 Å². The summed E-state index contributed by atoms with van der Waals surface area (Å²) in [4.78, 5) is 2.38. The Labute approximate surface area is 87.8 Å². The summed E-state index contributed by atoms with van der Waals surface area (Å²) in [6, 6.07) is 0. The second kappa shape index (κ2) is 5.69. The van der Waals surface area contributed by atoms with Gasteiger partial charge in [0.1, 0.15) is 0 Å². The highest BCUT2D eigenvalue weighted by atomic mass is 16.5. The minimum atomic E-state index is 0.193. The lowest BCUT2D eigenvalue weighted by Crippen LogP contribution is -2.55. The van der Waals surface area contributed by atoms with E-state index in [2.05, 4.69) is 17.3 Å². The Kier molecular flexibility index (Phi) is 4.85. The number of nitrogens with zero attached hydrogens (tertiary/aromatic N) is 1. The third-order valence-corrected chi connectivity index (χ3v) is 2.95. The van der Waals surface area contributed by atoms with E-state index in [1.807, 2.05) is 13.8 Å². The number of ether oxygens (including phenoxy) is 1. The van der Waals surface area contributed by atoms with Crippen molar-refractivity contribution in [2.45, 2.75) is 32.3 Å². The van der Waals surface area contributed by atoms with Crippen LogP contribution in [0.25, 0.3) is 0 Å². The van der Waals surface area contributed by atoms with Gasteiger partial charge in [0.2, 0.25) is 0 Å². The van der Waals surface area contributed by atoms with Crippen molar-refractivity contribution in [1.29, 1.82) is 0 Å². The molecule has 0 aliphatic carbocycles.